The highest BCUT2D eigenvalue weighted by Crippen LogP contribution is 2.29. The molecule has 0 saturated carbocycles. The highest BCUT2D eigenvalue weighted by molar-refractivity contribution is 6.00. The summed E-state index contributed by atoms with van der Waals surface area (Å²) < 4.78 is 5.94. The Morgan fingerprint density at radius 3 is 2.67 bits per heavy atom. The van der Waals surface area contributed by atoms with E-state index in [1.807, 2.05) is 60.4 Å². The molecule has 2 amide bonds. The molecule has 140 valence electrons. The first kappa shape index (κ1) is 17.6. The molecular weight excluding hydrogens is 340 g/mol. The van der Waals surface area contributed by atoms with Gasteiger partial charge in [0.15, 0.2) is 0 Å². The van der Waals surface area contributed by atoms with Crippen molar-refractivity contribution >= 4 is 11.8 Å². The third-order valence-corrected chi connectivity index (χ3v) is 5.51. The number of amides is 2. The van der Waals surface area contributed by atoms with Gasteiger partial charge in [-0.15, -0.1) is 0 Å². The predicted octanol–water partition coefficient (Wildman–Crippen LogP) is 3.10. The molecule has 5 heteroatoms. The number of fused-ring (bicyclic) bond motifs is 1. The molecule has 0 unspecified atom stereocenters. The summed E-state index contributed by atoms with van der Waals surface area (Å²) in [6.07, 6.45) is 1.98. The second-order valence-corrected chi connectivity index (χ2v) is 7.23. The van der Waals surface area contributed by atoms with Crippen molar-refractivity contribution in [1.82, 2.24) is 9.80 Å². The van der Waals surface area contributed by atoms with E-state index in [0.29, 0.717) is 24.5 Å². The van der Waals surface area contributed by atoms with Crippen LogP contribution in [0.3, 0.4) is 0 Å². The highest BCUT2D eigenvalue weighted by atomic mass is 16.5. The predicted molar refractivity (Wildman–Crippen MR) is 102 cm³/mol. The number of piperazine rings is 1. The third kappa shape index (κ3) is 3.42. The summed E-state index contributed by atoms with van der Waals surface area (Å²) in [6, 6.07) is 16.9. The Labute approximate surface area is 159 Å². The monoisotopic (exact) mass is 364 g/mol. The fourth-order valence-electron chi connectivity index (χ4n) is 3.99. The fraction of sp³-hybridized carbons (Fsp3) is 0.364. The van der Waals surface area contributed by atoms with E-state index < -0.39 is 6.04 Å². The summed E-state index contributed by atoms with van der Waals surface area (Å²) >= 11 is 0. The molecule has 0 aliphatic carbocycles. The molecule has 0 spiro atoms. The molecule has 4 rings (SSSR count). The van der Waals surface area contributed by atoms with Gasteiger partial charge >= 0.3 is 0 Å². The van der Waals surface area contributed by atoms with Crippen molar-refractivity contribution in [2.24, 2.45) is 0 Å². The van der Waals surface area contributed by atoms with Crippen LogP contribution < -0.4 is 4.74 Å². The lowest BCUT2D eigenvalue weighted by atomic mass is 10.0. The molecule has 2 atom stereocenters. The number of ether oxygens (including phenoxy) is 1. The second kappa shape index (κ2) is 7.43. The van der Waals surface area contributed by atoms with Gasteiger partial charge in [0.05, 0.1) is 5.56 Å². The minimum absolute atomic E-state index is 0.0554. The average molecular weight is 364 g/mol. The summed E-state index contributed by atoms with van der Waals surface area (Å²) in [5, 5.41) is 0. The van der Waals surface area contributed by atoms with Crippen LogP contribution in [0.5, 0.6) is 5.75 Å². The molecule has 2 fully saturated rings. The number of carbonyl (C=O) groups is 2. The van der Waals surface area contributed by atoms with Gasteiger partial charge < -0.3 is 14.5 Å². The summed E-state index contributed by atoms with van der Waals surface area (Å²) in [6.45, 7) is 3.63. The maximum absolute atomic E-state index is 13.3. The largest absolute Gasteiger partial charge is 0.488 e. The molecule has 0 radical (unpaired) electrons. The van der Waals surface area contributed by atoms with E-state index in [9.17, 15) is 9.59 Å². The van der Waals surface area contributed by atoms with Crippen molar-refractivity contribution in [2.45, 2.75) is 38.5 Å². The molecule has 2 heterocycles. The molecule has 2 aliphatic heterocycles. The van der Waals surface area contributed by atoms with Crippen LogP contribution >= 0.6 is 0 Å². The average Bonchev–Trinajstić information content (AvgIpc) is 3.18. The number of hydrogen-bond donors (Lipinski definition) is 0. The van der Waals surface area contributed by atoms with Crippen LogP contribution in [0, 0.1) is 0 Å². The topological polar surface area (TPSA) is 49.9 Å². The van der Waals surface area contributed by atoms with Crippen molar-refractivity contribution in [3.05, 3.63) is 65.7 Å². The lowest BCUT2D eigenvalue weighted by Gasteiger charge is -2.41. The maximum Gasteiger partial charge on any atom is 0.258 e. The van der Waals surface area contributed by atoms with Crippen LogP contribution in [0.2, 0.25) is 0 Å². The van der Waals surface area contributed by atoms with E-state index in [1.165, 1.54) is 0 Å². The molecule has 27 heavy (non-hydrogen) atoms. The highest BCUT2D eigenvalue weighted by Gasteiger charge is 2.42. The van der Waals surface area contributed by atoms with Gasteiger partial charge in [-0.25, -0.2) is 0 Å². The number of benzene rings is 2. The van der Waals surface area contributed by atoms with Crippen LogP contribution in [0.25, 0.3) is 0 Å². The standard InChI is InChI=1S/C22H24N2O3/c1-16-21(25)23-13-7-10-18(23)14-24(16)22(26)19-11-5-6-12-20(19)27-15-17-8-3-2-4-9-17/h2-6,8-9,11-12,16,18H,7,10,13-15H2,1H3/t16-,18-/m0/s1. The SMILES string of the molecule is C[C@H]1C(=O)N2CCC[C@H]2CN1C(=O)c1ccccc1OCc1ccccc1. The zero-order valence-corrected chi connectivity index (χ0v) is 15.5. The Bertz CT molecular complexity index is 836. The number of rotatable bonds is 4. The first-order valence-electron chi connectivity index (χ1n) is 9.52. The van der Waals surface area contributed by atoms with E-state index in [0.717, 1.165) is 24.9 Å². The van der Waals surface area contributed by atoms with Crippen LogP contribution in [-0.4, -0.2) is 46.8 Å². The van der Waals surface area contributed by atoms with E-state index in [4.69, 9.17) is 4.74 Å². The molecule has 0 N–H and O–H groups in total. The smallest absolute Gasteiger partial charge is 0.258 e. The normalized spacial score (nSPS) is 21.9. The molecule has 2 aromatic carbocycles. The van der Waals surface area contributed by atoms with Crippen molar-refractivity contribution in [2.75, 3.05) is 13.1 Å². The molecule has 0 bridgehead atoms. The number of nitrogens with zero attached hydrogens (tertiary/aromatic N) is 2. The molecule has 5 nitrogen and oxygen atoms in total. The first-order chi connectivity index (χ1) is 13.1. The zero-order chi connectivity index (χ0) is 18.8. The lowest BCUT2D eigenvalue weighted by Crippen LogP contribution is -2.60. The maximum atomic E-state index is 13.3. The first-order valence-corrected chi connectivity index (χ1v) is 9.52. The zero-order valence-electron chi connectivity index (χ0n) is 15.5. The summed E-state index contributed by atoms with van der Waals surface area (Å²) in [5.41, 5.74) is 1.56. The summed E-state index contributed by atoms with van der Waals surface area (Å²) in [4.78, 5) is 29.5. The summed E-state index contributed by atoms with van der Waals surface area (Å²) in [7, 11) is 0. The lowest BCUT2D eigenvalue weighted by molar-refractivity contribution is -0.141. The van der Waals surface area contributed by atoms with Gasteiger partial charge in [-0.2, -0.15) is 0 Å². The third-order valence-electron chi connectivity index (χ3n) is 5.51. The van der Waals surface area contributed by atoms with Crippen molar-refractivity contribution in [3.8, 4) is 5.75 Å². The van der Waals surface area contributed by atoms with Gasteiger partial charge in [0, 0.05) is 19.1 Å². The second-order valence-electron chi connectivity index (χ2n) is 7.23. The van der Waals surface area contributed by atoms with E-state index in [2.05, 4.69) is 0 Å². The molecule has 2 aromatic rings. The Hall–Kier alpha value is -2.82. The van der Waals surface area contributed by atoms with E-state index in [-0.39, 0.29) is 17.9 Å². The van der Waals surface area contributed by atoms with Gasteiger partial charge in [-0.05, 0) is 37.5 Å². The Morgan fingerprint density at radius 1 is 1.11 bits per heavy atom. The molecule has 2 saturated heterocycles. The Balaban J connectivity index is 1.54. The van der Waals surface area contributed by atoms with Crippen LogP contribution in [0.4, 0.5) is 0 Å². The number of para-hydroxylation sites is 1. The van der Waals surface area contributed by atoms with Gasteiger partial charge in [0.25, 0.3) is 5.91 Å². The number of carbonyl (C=O) groups excluding carboxylic acids is 2. The van der Waals surface area contributed by atoms with Gasteiger partial charge in [-0.3, -0.25) is 9.59 Å². The van der Waals surface area contributed by atoms with Gasteiger partial charge in [0.1, 0.15) is 18.4 Å². The molecular formula is C22H24N2O3. The van der Waals surface area contributed by atoms with Crippen LogP contribution in [0.15, 0.2) is 54.6 Å². The van der Waals surface area contributed by atoms with Crippen LogP contribution in [0.1, 0.15) is 35.7 Å². The Kier molecular flexibility index (Phi) is 4.84. The van der Waals surface area contributed by atoms with E-state index in [1.54, 1.807) is 11.0 Å². The van der Waals surface area contributed by atoms with Gasteiger partial charge in [-0.1, -0.05) is 42.5 Å². The van der Waals surface area contributed by atoms with Crippen molar-refractivity contribution < 1.29 is 14.3 Å². The van der Waals surface area contributed by atoms with Gasteiger partial charge in [0.2, 0.25) is 5.91 Å². The van der Waals surface area contributed by atoms with Crippen molar-refractivity contribution in [1.29, 1.82) is 0 Å². The van der Waals surface area contributed by atoms with Crippen LogP contribution in [-0.2, 0) is 11.4 Å². The molecule has 2 aliphatic rings. The minimum Gasteiger partial charge on any atom is -0.488 e. The van der Waals surface area contributed by atoms with Crippen molar-refractivity contribution in [3.63, 3.8) is 0 Å². The van der Waals surface area contributed by atoms with E-state index >= 15 is 0 Å². The number of hydrogen-bond acceptors (Lipinski definition) is 3. The quantitative estimate of drug-likeness (QED) is 0.838. The Morgan fingerprint density at radius 2 is 1.85 bits per heavy atom. The molecule has 0 aromatic heterocycles. The summed E-state index contributed by atoms with van der Waals surface area (Å²) in [5.74, 6) is 0.478. The minimum atomic E-state index is -0.436. The fourth-order valence-corrected chi connectivity index (χ4v) is 3.99.